The van der Waals surface area contributed by atoms with Gasteiger partial charge in [-0.05, 0) is 123 Å². The first kappa shape index (κ1) is 48.1. The van der Waals surface area contributed by atoms with Crippen molar-refractivity contribution in [3.63, 3.8) is 0 Å². The van der Waals surface area contributed by atoms with E-state index in [1.165, 1.54) is 12.8 Å². The average Bonchev–Trinajstić information content (AvgIpc) is 4.07. The number of amides is 1. The summed E-state index contributed by atoms with van der Waals surface area (Å²) in [7, 11) is 0. The van der Waals surface area contributed by atoms with Gasteiger partial charge >= 0.3 is 0 Å². The van der Waals surface area contributed by atoms with Gasteiger partial charge in [-0.2, -0.15) is 0 Å². The number of aryl methyl sites for hydroxylation is 1. The van der Waals surface area contributed by atoms with Crippen LogP contribution in [-0.2, 0) is 32.3 Å². The van der Waals surface area contributed by atoms with Crippen LogP contribution in [0.4, 0.5) is 0 Å². The van der Waals surface area contributed by atoms with E-state index in [1.807, 2.05) is 60.4 Å². The van der Waals surface area contributed by atoms with Gasteiger partial charge in [0, 0.05) is 56.2 Å². The van der Waals surface area contributed by atoms with Crippen molar-refractivity contribution in [1.82, 2.24) is 9.88 Å². The van der Waals surface area contributed by atoms with Crippen molar-refractivity contribution in [2.24, 2.45) is 28.8 Å². The van der Waals surface area contributed by atoms with E-state index in [-0.39, 0.29) is 56.8 Å². The Morgan fingerprint density at radius 3 is 2.54 bits per heavy atom. The lowest BCUT2D eigenvalue weighted by molar-refractivity contribution is -0.258. The van der Waals surface area contributed by atoms with Crippen LogP contribution in [0.25, 0.3) is 0 Å². The maximum Gasteiger partial charge on any atom is 0.239 e. The van der Waals surface area contributed by atoms with Crippen molar-refractivity contribution in [2.45, 2.75) is 147 Å². The first-order chi connectivity index (χ1) is 33.4. The summed E-state index contributed by atoms with van der Waals surface area (Å²) in [5.74, 6) is 1.37. The van der Waals surface area contributed by atoms with Gasteiger partial charge in [-0.1, -0.05) is 68.0 Å². The largest absolute Gasteiger partial charge is 0.487 e. The van der Waals surface area contributed by atoms with E-state index >= 15 is 4.79 Å². The van der Waals surface area contributed by atoms with Gasteiger partial charge in [0.1, 0.15) is 24.1 Å². The second-order valence-corrected chi connectivity index (χ2v) is 19.6. The zero-order valence-corrected chi connectivity index (χ0v) is 39.9. The van der Waals surface area contributed by atoms with Crippen molar-refractivity contribution in [1.29, 1.82) is 0 Å². The number of pyridine rings is 1. The molecule has 1 saturated heterocycles. The van der Waals surface area contributed by atoms with E-state index in [1.54, 1.807) is 6.08 Å². The van der Waals surface area contributed by atoms with E-state index < -0.39 is 24.0 Å². The fourth-order valence-corrected chi connectivity index (χ4v) is 11.9. The number of aromatic nitrogens is 1. The van der Waals surface area contributed by atoms with Gasteiger partial charge < -0.3 is 48.4 Å². The molecule has 6 aliphatic rings. The lowest BCUT2D eigenvalue weighted by Gasteiger charge is -2.60. The molecule has 3 aliphatic heterocycles. The summed E-state index contributed by atoms with van der Waals surface area (Å²) in [6.07, 6.45) is 17.3. The van der Waals surface area contributed by atoms with Crippen molar-refractivity contribution in [2.75, 3.05) is 33.2 Å². The summed E-state index contributed by atoms with van der Waals surface area (Å²) in [4.78, 5) is 28.5. The highest BCUT2D eigenvalue weighted by Crippen LogP contribution is 2.62. The van der Waals surface area contributed by atoms with E-state index in [0.717, 1.165) is 98.0 Å². The summed E-state index contributed by atoms with van der Waals surface area (Å²) >= 11 is 0. The summed E-state index contributed by atoms with van der Waals surface area (Å²) in [5, 5.41) is 25.2. The van der Waals surface area contributed by atoms with Crippen molar-refractivity contribution in [3.05, 3.63) is 101 Å². The van der Waals surface area contributed by atoms with Crippen LogP contribution in [0.2, 0.25) is 0 Å². The Hall–Kier alpha value is -4.95. The fraction of sp³-hybridized carbons (Fsp3) is 0.582. The molecule has 0 spiro atoms. The quantitative estimate of drug-likeness (QED) is 0.0563. The maximum atomic E-state index is 15.4. The summed E-state index contributed by atoms with van der Waals surface area (Å²) in [6, 6.07) is 17.3. The number of ether oxygens (including phenoxy) is 6. The smallest absolute Gasteiger partial charge is 0.239 e. The first-order valence-corrected chi connectivity index (χ1v) is 25.5. The number of hydrogen-bond donors (Lipinski definition) is 2. The maximum absolute atomic E-state index is 15.4. The van der Waals surface area contributed by atoms with E-state index in [2.05, 4.69) is 18.7 Å². The minimum absolute atomic E-state index is 0.0288. The molecule has 7 atom stereocenters. The second-order valence-electron chi connectivity index (χ2n) is 19.6. The number of aliphatic hydroxyl groups is 2. The van der Waals surface area contributed by atoms with Gasteiger partial charge in [-0.3, -0.25) is 9.78 Å². The third kappa shape index (κ3) is 10.8. The van der Waals surface area contributed by atoms with Gasteiger partial charge in [0.05, 0.1) is 30.5 Å². The van der Waals surface area contributed by atoms with Gasteiger partial charge in [0.15, 0.2) is 11.5 Å². The number of rotatable bonds is 22. The highest BCUT2D eigenvalue weighted by molar-refractivity contribution is 6.03. The molecule has 0 bridgehead atoms. The molecule has 3 aliphatic carbocycles. The highest BCUT2D eigenvalue weighted by Gasteiger charge is 2.65. The van der Waals surface area contributed by atoms with Crippen LogP contribution in [0.1, 0.15) is 131 Å². The Bertz CT molecular complexity index is 2250. The number of carbonyl (C=O) groups is 1. The van der Waals surface area contributed by atoms with Crippen molar-refractivity contribution < 1.29 is 48.3 Å². The van der Waals surface area contributed by atoms with Gasteiger partial charge in [-0.25, -0.2) is 0 Å². The molecule has 2 N–H and O–H groups in total. The number of carbonyl (C=O) groups excluding carboxylic acids is 1. The number of nitrogens with zero attached hydrogens (tertiary/aromatic N) is 3. The zero-order valence-electron chi connectivity index (χ0n) is 39.9. The predicted molar refractivity (Wildman–Crippen MR) is 257 cm³/mol. The summed E-state index contributed by atoms with van der Waals surface area (Å²) < 4.78 is 39.1. The standard InChI is InChI=1S/C55H71N3O10/c1-3-28-66-55-50(58(51(61)25-21-38-14-4-5-15-38)34-39-20-23-48-49(30-39)65-36-64-48)33-46(57-68-52-19-8-11-29-62-52)44-31-40(16-6-9-26-59)43(18-7-10-27-60)53(54(44)55)45-32-42(22-24-47(45)67-55)63-35-41-17-12-13-37(2)56-41/h3,12-13,17,20,22-24,30-32,38,40,43,50,52-54,59-60H,1,4-11,14-16,18-19,21,25-29,33-36H2,2H3. The molecule has 3 fully saturated rings. The topological polar surface area (TPSA) is 151 Å². The van der Waals surface area contributed by atoms with Crippen molar-refractivity contribution >= 4 is 11.6 Å². The SMILES string of the molecule is C=CCOC12Oc3ccc(OCc4cccc(C)n4)cc3C3C(CCCCO)C(CCCCO)C=C(C(=NOC4CCCCO4)CC1N(Cc1ccc4c(c1)OCO4)C(=O)CCC1CCCC1)C32. The number of aliphatic hydroxyl groups excluding tert-OH is 2. The highest BCUT2D eigenvalue weighted by atomic mass is 16.8. The molecule has 0 radical (unpaired) electrons. The van der Waals surface area contributed by atoms with Gasteiger partial charge in [0.25, 0.3) is 0 Å². The molecular weight excluding hydrogens is 863 g/mol. The second kappa shape index (κ2) is 22.6. The molecule has 7 unspecified atom stereocenters. The monoisotopic (exact) mass is 934 g/mol. The van der Waals surface area contributed by atoms with Crippen LogP contribution in [0.15, 0.2) is 84.1 Å². The molecule has 2 aromatic carbocycles. The minimum Gasteiger partial charge on any atom is -0.487 e. The van der Waals surface area contributed by atoms with Gasteiger partial charge in [0.2, 0.25) is 24.8 Å². The number of oxime groups is 1. The molecular formula is C55H71N3O10. The van der Waals surface area contributed by atoms with Gasteiger partial charge in [-0.15, -0.1) is 6.58 Å². The molecule has 13 nitrogen and oxygen atoms in total. The summed E-state index contributed by atoms with van der Waals surface area (Å²) in [5.41, 5.74) is 5.40. The van der Waals surface area contributed by atoms with Crippen LogP contribution in [-0.4, -0.2) is 83.1 Å². The Morgan fingerprint density at radius 2 is 1.75 bits per heavy atom. The molecule has 366 valence electrons. The number of allylic oxidation sites excluding steroid dienone is 1. The number of unbranched alkanes of at least 4 members (excludes halogenated alkanes) is 2. The first-order valence-electron chi connectivity index (χ1n) is 25.5. The molecule has 3 aromatic rings. The zero-order chi connectivity index (χ0) is 46.9. The number of fused-ring (bicyclic) bond motifs is 3. The van der Waals surface area contributed by atoms with Crippen LogP contribution in [0.5, 0.6) is 23.0 Å². The fourth-order valence-electron chi connectivity index (χ4n) is 11.9. The normalized spacial score (nSPS) is 26.6. The van der Waals surface area contributed by atoms with Crippen LogP contribution in [0, 0.1) is 30.6 Å². The number of hydrogen-bond acceptors (Lipinski definition) is 12. The Labute approximate surface area is 401 Å². The molecule has 1 amide bonds. The molecule has 1 aromatic heterocycles. The van der Waals surface area contributed by atoms with E-state index in [4.69, 9.17) is 43.4 Å². The Balaban J connectivity index is 1.21. The molecule has 13 heteroatoms. The lowest BCUT2D eigenvalue weighted by Crippen LogP contribution is -2.70. The predicted octanol–water partition coefficient (Wildman–Crippen LogP) is 9.86. The van der Waals surface area contributed by atoms with E-state index in [0.29, 0.717) is 67.8 Å². The number of benzene rings is 2. The lowest BCUT2D eigenvalue weighted by atomic mass is 9.55. The van der Waals surface area contributed by atoms with Crippen molar-refractivity contribution in [3.8, 4) is 23.0 Å². The third-order valence-corrected chi connectivity index (χ3v) is 15.1. The third-order valence-electron chi connectivity index (χ3n) is 15.1. The molecule has 4 heterocycles. The minimum atomic E-state index is -1.39. The summed E-state index contributed by atoms with van der Waals surface area (Å²) in [6.45, 7) is 7.84. The Kier molecular flexibility index (Phi) is 16.0. The van der Waals surface area contributed by atoms with E-state index in [9.17, 15) is 10.2 Å². The van der Waals surface area contributed by atoms with Crippen LogP contribution >= 0.6 is 0 Å². The van der Waals surface area contributed by atoms with Crippen LogP contribution < -0.4 is 18.9 Å². The average molecular weight is 934 g/mol. The molecule has 2 saturated carbocycles. The molecule has 9 rings (SSSR count). The Morgan fingerprint density at radius 1 is 0.941 bits per heavy atom. The van der Waals surface area contributed by atoms with Crippen LogP contribution in [0.3, 0.4) is 0 Å². The molecule has 68 heavy (non-hydrogen) atoms.